The standard InChI is InChI=1S/C12H16O2P/c1-3-14-15(13)11-6-4-10(5-7-11)12(2)8-9-12/h4-7H,3,8-9H2,1-2H3/q+1. The lowest BCUT2D eigenvalue weighted by Crippen LogP contribution is -2.03. The SMILES string of the molecule is CCO[P+](=O)c1ccc(C2(C)CC2)cc1. The molecular weight excluding hydrogens is 207 g/mol. The third kappa shape index (κ3) is 2.27. The Labute approximate surface area is 91.5 Å². The molecule has 0 heterocycles. The van der Waals surface area contributed by atoms with Gasteiger partial charge >= 0.3 is 8.03 Å². The lowest BCUT2D eigenvalue weighted by molar-refractivity contribution is 0.357. The summed E-state index contributed by atoms with van der Waals surface area (Å²) in [6.07, 6.45) is 2.54. The minimum Gasteiger partial charge on any atom is -0.142 e. The Morgan fingerprint density at radius 2 is 1.93 bits per heavy atom. The summed E-state index contributed by atoms with van der Waals surface area (Å²) in [6, 6.07) is 8.00. The molecule has 0 saturated heterocycles. The first-order chi connectivity index (χ1) is 7.15. The van der Waals surface area contributed by atoms with Crippen molar-refractivity contribution >= 4 is 13.3 Å². The van der Waals surface area contributed by atoms with Gasteiger partial charge in [-0.15, -0.1) is 4.52 Å². The van der Waals surface area contributed by atoms with E-state index in [1.54, 1.807) is 0 Å². The van der Waals surface area contributed by atoms with Crippen LogP contribution in [0.25, 0.3) is 0 Å². The molecule has 1 aliphatic carbocycles. The van der Waals surface area contributed by atoms with Crippen LogP contribution in [0.4, 0.5) is 0 Å². The molecule has 1 saturated carbocycles. The Balaban J connectivity index is 2.13. The van der Waals surface area contributed by atoms with Crippen LogP contribution in [0.15, 0.2) is 24.3 Å². The van der Waals surface area contributed by atoms with E-state index in [2.05, 4.69) is 19.1 Å². The van der Waals surface area contributed by atoms with E-state index in [0.717, 1.165) is 5.30 Å². The number of hydrogen-bond donors (Lipinski definition) is 0. The highest BCUT2D eigenvalue weighted by Crippen LogP contribution is 2.47. The Hall–Kier alpha value is -0.720. The van der Waals surface area contributed by atoms with Gasteiger partial charge in [-0.3, -0.25) is 0 Å². The molecule has 1 atom stereocenters. The van der Waals surface area contributed by atoms with Crippen molar-refractivity contribution in [2.45, 2.75) is 32.1 Å². The van der Waals surface area contributed by atoms with Gasteiger partial charge < -0.3 is 0 Å². The fourth-order valence-electron chi connectivity index (χ4n) is 1.65. The maximum absolute atomic E-state index is 11.5. The van der Waals surface area contributed by atoms with Crippen LogP contribution in [0, 0.1) is 0 Å². The molecule has 1 fully saturated rings. The average molecular weight is 223 g/mol. The first-order valence-corrected chi connectivity index (χ1v) is 6.54. The van der Waals surface area contributed by atoms with E-state index >= 15 is 0 Å². The van der Waals surface area contributed by atoms with Crippen LogP contribution < -0.4 is 5.30 Å². The summed E-state index contributed by atoms with van der Waals surface area (Å²) in [5.74, 6) is 0. The third-order valence-corrected chi connectivity index (χ3v) is 4.23. The third-order valence-electron chi connectivity index (χ3n) is 3.02. The quantitative estimate of drug-likeness (QED) is 0.733. The second-order valence-corrected chi connectivity index (χ2v) is 5.57. The summed E-state index contributed by atoms with van der Waals surface area (Å²) in [5, 5.41) is 0.792. The second-order valence-electron chi connectivity index (χ2n) is 4.28. The summed E-state index contributed by atoms with van der Waals surface area (Å²) < 4.78 is 16.6. The first-order valence-electron chi connectivity index (χ1n) is 5.36. The van der Waals surface area contributed by atoms with Gasteiger partial charge in [0, 0.05) is 0 Å². The first kappa shape index (κ1) is 10.8. The molecule has 1 aliphatic rings. The Morgan fingerprint density at radius 1 is 1.33 bits per heavy atom. The topological polar surface area (TPSA) is 26.3 Å². The molecular formula is C12H16O2P+. The molecule has 2 nitrogen and oxygen atoms in total. The van der Waals surface area contributed by atoms with Crippen LogP contribution in [-0.4, -0.2) is 6.61 Å². The zero-order valence-corrected chi connectivity index (χ0v) is 10.1. The van der Waals surface area contributed by atoms with Crippen molar-refractivity contribution in [2.75, 3.05) is 6.61 Å². The van der Waals surface area contributed by atoms with E-state index in [0.29, 0.717) is 12.0 Å². The minimum atomic E-state index is -1.65. The van der Waals surface area contributed by atoms with Gasteiger partial charge in [-0.05, 0) is 47.4 Å². The summed E-state index contributed by atoms with van der Waals surface area (Å²) >= 11 is 0. The van der Waals surface area contributed by atoms with E-state index in [-0.39, 0.29) is 0 Å². The van der Waals surface area contributed by atoms with Crippen molar-refractivity contribution in [1.29, 1.82) is 0 Å². The van der Waals surface area contributed by atoms with E-state index < -0.39 is 8.03 Å². The van der Waals surface area contributed by atoms with E-state index in [4.69, 9.17) is 4.52 Å². The van der Waals surface area contributed by atoms with Crippen LogP contribution >= 0.6 is 8.03 Å². The average Bonchev–Trinajstić information content (AvgIpc) is 2.99. The van der Waals surface area contributed by atoms with Crippen molar-refractivity contribution in [3.05, 3.63) is 29.8 Å². The molecule has 1 aromatic rings. The van der Waals surface area contributed by atoms with Gasteiger partial charge in [0.05, 0.1) is 0 Å². The fraction of sp³-hybridized carbons (Fsp3) is 0.500. The molecule has 1 aromatic carbocycles. The predicted octanol–water partition coefficient (Wildman–Crippen LogP) is 3.14. The summed E-state index contributed by atoms with van der Waals surface area (Å²) in [7, 11) is -1.65. The number of benzene rings is 1. The zero-order valence-electron chi connectivity index (χ0n) is 9.19. The van der Waals surface area contributed by atoms with Crippen molar-refractivity contribution in [3.8, 4) is 0 Å². The van der Waals surface area contributed by atoms with Crippen molar-refractivity contribution in [3.63, 3.8) is 0 Å². The molecule has 0 amide bonds. The molecule has 0 spiro atoms. The highest BCUT2D eigenvalue weighted by molar-refractivity contribution is 7.48. The molecule has 0 aromatic heterocycles. The fourth-order valence-corrected chi connectivity index (χ4v) is 2.43. The van der Waals surface area contributed by atoms with E-state index in [9.17, 15) is 4.57 Å². The maximum Gasteiger partial charge on any atom is 0.548 e. The molecule has 0 aliphatic heterocycles. The van der Waals surface area contributed by atoms with Crippen LogP contribution in [0.5, 0.6) is 0 Å². The van der Waals surface area contributed by atoms with Gasteiger partial charge in [-0.1, -0.05) is 19.1 Å². The largest absolute Gasteiger partial charge is 0.548 e. The van der Waals surface area contributed by atoms with Crippen molar-refractivity contribution in [2.24, 2.45) is 0 Å². The highest BCUT2D eigenvalue weighted by atomic mass is 31.1. The van der Waals surface area contributed by atoms with Crippen molar-refractivity contribution < 1.29 is 9.09 Å². The number of rotatable bonds is 4. The number of hydrogen-bond acceptors (Lipinski definition) is 2. The van der Waals surface area contributed by atoms with Crippen LogP contribution in [0.1, 0.15) is 32.3 Å². The van der Waals surface area contributed by atoms with Crippen LogP contribution in [0.3, 0.4) is 0 Å². The zero-order chi connectivity index (χ0) is 10.9. The predicted molar refractivity (Wildman–Crippen MR) is 61.9 cm³/mol. The van der Waals surface area contributed by atoms with Gasteiger partial charge in [-0.25, -0.2) is 0 Å². The van der Waals surface area contributed by atoms with Gasteiger partial charge in [0.25, 0.3) is 0 Å². The Kier molecular flexibility index (Phi) is 2.90. The maximum atomic E-state index is 11.5. The molecule has 0 bridgehead atoms. The lowest BCUT2D eigenvalue weighted by atomic mass is 9.99. The lowest BCUT2D eigenvalue weighted by Gasteiger charge is -2.06. The molecule has 1 unspecified atom stereocenters. The molecule has 0 radical (unpaired) electrons. The van der Waals surface area contributed by atoms with Crippen LogP contribution in [-0.2, 0) is 14.5 Å². The molecule has 2 rings (SSSR count). The van der Waals surface area contributed by atoms with Gasteiger partial charge in [-0.2, -0.15) is 0 Å². The summed E-state index contributed by atoms with van der Waals surface area (Å²) in [5.41, 5.74) is 1.74. The minimum absolute atomic E-state index is 0.385. The van der Waals surface area contributed by atoms with E-state index in [1.165, 1.54) is 18.4 Å². The van der Waals surface area contributed by atoms with E-state index in [1.807, 2.05) is 19.1 Å². The molecule has 3 heteroatoms. The van der Waals surface area contributed by atoms with Crippen LogP contribution in [0.2, 0.25) is 0 Å². The smallest absolute Gasteiger partial charge is 0.142 e. The van der Waals surface area contributed by atoms with Gasteiger partial charge in [0.1, 0.15) is 6.61 Å². The van der Waals surface area contributed by atoms with Gasteiger partial charge in [0.2, 0.25) is 5.30 Å². The molecule has 80 valence electrons. The molecule has 0 N–H and O–H groups in total. The monoisotopic (exact) mass is 223 g/mol. The van der Waals surface area contributed by atoms with Crippen molar-refractivity contribution in [1.82, 2.24) is 0 Å². The highest BCUT2D eigenvalue weighted by Gasteiger charge is 2.39. The normalized spacial score (nSPS) is 18.7. The van der Waals surface area contributed by atoms with Gasteiger partial charge in [0.15, 0.2) is 0 Å². The summed E-state index contributed by atoms with van der Waals surface area (Å²) in [6.45, 7) is 4.62. The Morgan fingerprint density at radius 3 is 2.40 bits per heavy atom. The summed E-state index contributed by atoms with van der Waals surface area (Å²) in [4.78, 5) is 0. The molecule has 15 heavy (non-hydrogen) atoms. The second kappa shape index (κ2) is 4.03. The Bertz CT molecular complexity index is 366.